The molecule has 112 valence electrons. The van der Waals surface area contributed by atoms with Gasteiger partial charge in [0.1, 0.15) is 5.82 Å². The highest BCUT2D eigenvalue weighted by molar-refractivity contribution is 6.30. The third kappa shape index (κ3) is 3.48. The zero-order valence-electron chi connectivity index (χ0n) is 11.0. The fourth-order valence-corrected chi connectivity index (χ4v) is 2.16. The molecule has 2 rings (SSSR count). The smallest absolute Gasteiger partial charge is 0.336 e. The second-order valence-electron chi connectivity index (χ2n) is 4.34. The summed E-state index contributed by atoms with van der Waals surface area (Å²) < 4.78 is 13.2. The molecule has 7 heteroatoms. The van der Waals surface area contributed by atoms with Crippen LogP contribution in [-0.2, 0) is 0 Å². The van der Waals surface area contributed by atoms with Crippen molar-refractivity contribution < 1.29 is 19.2 Å². The van der Waals surface area contributed by atoms with Crippen molar-refractivity contribution in [1.82, 2.24) is 0 Å². The quantitative estimate of drug-likeness (QED) is 0.518. The minimum absolute atomic E-state index is 0.0691. The van der Waals surface area contributed by atoms with Gasteiger partial charge in [0.25, 0.3) is 5.69 Å². The maximum absolute atomic E-state index is 13.2. The van der Waals surface area contributed by atoms with Crippen molar-refractivity contribution in [3.05, 3.63) is 74.0 Å². The Bertz CT molecular complexity index is 737. The van der Waals surface area contributed by atoms with E-state index in [1.165, 1.54) is 42.5 Å². The number of carbonyl (C=O) groups is 1. The Labute approximate surface area is 129 Å². The van der Waals surface area contributed by atoms with Crippen molar-refractivity contribution >= 4 is 35.4 Å². The Morgan fingerprint density at radius 3 is 2.59 bits per heavy atom. The van der Waals surface area contributed by atoms with Crippen LogP contribution in [-0.4, -0.2) is 16.0 Å². The van der Waals surface area contributed by atoms with Gasteiger partial charge in [-0.3, -0.25) is 10.1 Å². The van der Waals surface area contributed by atoms with Crippen molar-refractivity contribution in [2.75, 3.05) is 0 Å². The van der Waals surface area contributed by atoms with Crippen molar-refractivity contribution in [2.24, 2.45) is 0 Å². The molecule has 0 unspecified atom stereocenters. The molecule has 0 saturated carbocycles. The van der Waals surface area contributed by atoms with E-state index in [9.17, 15) is 19.3 Å². The van der Waals surface area contributed by atoms with Gasteiger partial charge in [0.05, 0.1) is 16.1 Å². The molecule has 0 spiro atoms. The molecule has 2 aromatic rings. The first-order valence-corrected chi connectivity index (χ1v) is 6.41. The Hall–Kier alpha value is -2.73. The molecule has 0 aromatic heterocycles. The number of nitro benzene ring substituents is 1. The summed E-state index contributed by atoms with van der Waals surface area (Å²) in [5, 5.41) is 20.3. The Morgan fingerprint density at radius 1 is 1.27 bits per heavy atom. The normalized spacial score (nSPS) is 10.8. The maximum atomic E-state index is 13.2. The van der Waals surface area contributed by atoms with Gasteiger partial charge in [-0.05, 0) is 35.9 Å². The molecule has 0 aliphatic heterocycles. The van der Waals surface area contributed by atoms with E-state index in [1.54, 1.807) is 0 Å². The van der Waals surface area contributed by atoms with Crippen LogP contribution in [0, 0.1) is 15.9 Å². The molecule has 0 aliphatic rings. The molecule has 22 heavy (non-hydrogen) atoms. The molecular formula is C15H9ClFNO4. The fraction of sp³-hybridized carbons (Fsp3) is 0. The summed E-state index contributed by atoms with van der Waals surface area (Å²) in [6.07, 6.45) is 2.62. The molecule has 0 bridgehead atoms. The van der Waals surface area contributed by atoms with E-state index >= 15 is 0 Å². The fourth-order valence-electron chi connectivity index (χ4n) is 1.92. The summed E-state index contributed by atoms with van der Waals surface area (Å²) >= 11 is 5.72. The van der Waals surface area contributed by atoms with Gasteiger partial charge in [0.15, 0.2) is 0 Å². The monoisotopic (exact) mass is 321 g/mol. The van der Waals surface area contributed by atoms with Crippen LogP contribution in [0.5, 0.6) is 0 Å². The summed E-state index contributed by atoms with van der Waals surface area (Å²) in [6, 6.07) is 7.50. The van der Waals surface area contributed by atoms with Gasteiger partial charge >= 0.3 is 5.97 Å². The topological polar surface area (TPSA) is 80.4 Å². The average molecular weight is 322 g/mol. The lowest BCUT2D eigenvalue weighted by atomic mass is 10.0. The van der Waals surface area contributed by atoms with Crippen LogP contribution in [0.3, 0.4) is 0 Å². The number of aromatic carboxylic acids is 1. The molecule has 0 radical (unpaired) electrons. The van der Waals surface area contributed by atoms with Crippen molar-refractivity contribution in [3.63, 3.8) is 0 Å². The van der Waals surface area contributed by atoms with E-state index in [0.29, 0.717) is 5.56 Å². The number of nitrogens with zero attached hydrogens (tertiary/aromatic N) is 1. The molecule has 5 nitrogen and oxygen atoms in total. The van der Waals surface area contributed by atoms with Crippen LogP contribution >= 0.6 is 11.6 Å². The summed E-state index contributed by atoms with van der Waals surface area (Å²) in [5.41, 5.74) is -0.272. The largest absolute Gasteiger partial charge is 0.478 e. The summed E-state index contributed by atoms with van der Waals surface area (Å²) in [4.78, 5) is 21.5. The lowest BCUT2D eigenvalue weighted by Gasteiger charge is -2.03. The van der Waals surface area contributed by atoms with Gasteiger partial charge in [-0.15, -0.1) is 0 Å². The number of rotatable bonds is 4. The first kappa shape index (κ1) is 15.7. The lowest BCUT2D eigenvalue weighted by Crippen LogP contribution is -2.02. The average Bonchev–Trinajstić information content (AvgIpc) is 2.43. The van der Waals surface area contributed by atoms with Crippen LogP contribution in [0.4, 0.5) is 10.1 Å². The number of nitro groups is 1. The van der Waals surface area contributed by atoms with E-state index in [1.807, 2.05) is 0 Å². The number of carboxylic acids is 1. The number of benzene rings is 2. The molecule has 2 aromatic carbocycles. The van der Waals surface area contributed by atoms with Crippen LogP contribution in [0.2, 0.25) is 5.02 Å². The third-order valence-electron chi connectivity index (χ3n) is 2.84. The molecule has 0 fully saturated rings. The highest BCUT2D eigenvalue weighted by Crippen LogP contribution is 2.25. The number of carboxylic acid groups (broad SMARTS) is 1. The SMILES string of the molecule is O=C(O)c1cccc([N+](=O)[O-])c1/C=C/c1cc(F)cc(Cl)c1. The van der Waals surface area contributed by atoms with E-state index in [4.69, 9.17) is 16.7 Å². The summed E-state index contributed by atoms with van der Waals surface area (Å²) in [5.74, 6) is -1.85. The van der Waals surface area contributed by atoms with Crippen LogP contribution in [0.25, 0.3) is 12.2 Å². The van der Waals surface area contributed by atoms with Gasteiger partial charge < -0.3 is 5.11 Å². The summed E-state index contributed by atoms with van der Waals surface area (Å²) in [7, 11) is 0. The van der Waals surface area contributed by atoms with Gasteiger partial charge in [-0.2, -0.15) is 0 Å². The van der Waals surface area contributed by atoms with E-state index in [-0.39, 0.29) is 21.8 Å². The van der Waals surface area contributed by atoms with Crippen molar-refractivity contribution in [1.29, 1.82) is 0 Å². The second kappa shape index (κ2) is 6.36. The Balaban J connectivity index is 2.53. The van der Waals surface area contributed by atoms with E-state index < -0.39 is 16.7 Å². The zero-order valence-corrected chi connectivity index (χ0v) is 11.7. The standard InChI is InChI=1S/C15H9ClFNO4/c16-10-6-9(7-11(17)8-10)4-5-12-13(15(19)20)2-1-3-14(12)18(21)22/h1-8H,(H,19,20)/b5-4+. The first-order chi connectivity index (χ1) is 10.4. The highest BCUT2D eigenvalue weighted by Gasteiger charge is 2.18. The van der Waals surface area contributed by atoms with Crippen LogP contribution in [0.15, 0.2) is 36.4 Å². The number of halogens is 2. The second-order valence-corrected chi connectivity index (χ2v) is 4.77. The molecule has 0 atom stereocenters. The van der Waals surface area contributed by atoms with Gasteiger partial charge in [-0.1, -0.05) is 23.7 Å². The number of hydrogen-bond donors (Lipinski definition) is 1. The first-order valence-electron chi connectivity index (χ1n) is 6.03. The third-order valence-corrected chi connectivity index (χ3v) is 3.06. The van der Waals surface area contributed by atoms with Gasteiger partial charge in [0.2, 0.25) is 0 Å². The summed E-state index contributed by atoms with van der Waals surface area (Å²) in [6.45, 7) is 0. The van der Waals surface area contributed by atoms with Gasteiger partial charge in [-0.25, -0.2) is 9.18 Å². The Kier molecular flexibility index (Phi) is 4.53. The molecule has 0 amide bonds. The predicted octanol–water partition coefficient (Wildman–Crippen LogP) is 4.26. The molecule has 0 saturated heterocycles. The predicted molar refractivity (Wildman–Crippen MR) is 80.4 cm³/mol. The van der Waals surface area contributed by atoms with E-state index in [2.05, 4.69) is 0 Å². The minimum atomic E-state index is -1.29. The van der Waals surface area contributed by atoms with Crippen molar-refractivity contribution in [3.8, 4) is 0 Å². The highest BCUT2D eigenvalue weighted by atomic mass is 35.5. The van der Waals surface area contributed by atoms with Gasteiger partial charge in [0, 0.05) is 11.1 Å². The van der Waals surface area contributed by atoms with Crippen LogP contribution < -0.4 is 0 Å². The van der Waals surface area contributed by atoms with E-state index in [0.717, 1.165) is 6.07 Å². The molecule has 0 aliphatic carbocycles. The minimum Gasteiger partial charge on any atom is -0.478 e. The number of hydrogen-bond acceptors (Lipinski definition) is 3. The Morgan fingerprint density at radius 2 is 2.00 bits per heavy atom. The maximum Gasteiger partial charge on any atom is 0.336 e. The molecule has 1 N–H and O–H groups in total. The molecule has 0 heterocycles. The van der Waals surface area contributed by atoms with Crippen molar-refractivity contribution in [2.45, 2.75) is 0 Å². The zero-order chi connectivity index (χ0) is 16.3. The van der Waals surface area contributed by atoms with Crippen LogP contribution in [0.1, 0.15) is 21.5 Å². The molecular weight excluding hydrogens is 313 g/mol. The lowest BCUT2D eigenvalue weighted by molar-refractivity contribution is -0.385.